The van der Waals surface area contributed by atoms with Gasteiger partial charge in [0.25, 0.3) is 13.3 Å². The van der Waals surface area contributed by atoms with Crippen molar-refractivity contribution in [3.63, 3.8) is 0 Å². The highest BCUT2D eigenvalue weighted by Gasteiger charge is 2.36. The molecule has 128 valence electrons. The third kappa shape index (κ3) is 3.33. The zero-order valence-corrected chi connectivity index (χ0v) is 15.8. The Labute approximate surface area is 149 Å². The highest BCUT2D eigenvalue weighted by Crippen LogP contribution is 2.56. The molecule has 1 heterocycles. The van der Waals surface area contributed by atoms with E-state index in [0.29, 0.717) is 21.2 Å². The molecule has 8 heteroatoms. The summed E-state index contributed by atoms with van der Waals surface area (Å²) in [5.74, 6) is 0.0739. The second-order valence-electron chi connectivity index (χ2n) is 4.84. The largest absolute Gasteiger partial charge is 0.364 e. The van der Waals surface area contributed by atoms with E-state index >= 15 is 0 Å². The van der Waals surface area contributed by atoms with Crippen molar-refractivity contribution in [2.45, 2.75) is 6.92 Å². The standard InChI is InChI=1S/C16H18ClN2O3PS/c1-4-11(9-24-5-2)23(21,22-3)15-12-8-10(17)6-7-13(12)19-14(15)16(18)20/h4,6-9,19H,1,5H2,2-3H3,(H2,18,20)/b11-9+. The predicted molar refractivity (Wildman–Crippen MR) is 102 cm³/mol. The molecule has 0 radical (unpaired) electrons. The van der Waals surface area contributed by atoms with E-state index in [4.69, 9.17) is 21.9 Å². The van der Waals surface area contributed by atoms with Crippen LogP contribution in [-0.4, -0.2) is 23.8 Å². The Morgan fingerprint density at radius 3 is 2.79 bits per heavy atom. The molecule has 0 bridgehead atoms. The minimum absolute atomic E-state index is 0.0479. The summed E-state index contributed by atoms with van der Waals surface area (Å²) in [6.45, 7) is 5.70. The minimum Gasteiger partial charge on any atom is -0.364 e. The molecule has 1 aromatic carbocycles. The van der Waals surface area contributed by atoms with Gasteiger partial charge in [-0.1, -0.05) is 31.2 Å². The number of nitrogens with one attached hydrogen (secondary N) is 1. The monoisotopic (exact) mass is 384 g/mol. The Kier molecular flexibility index (Phi) is 5.99. The number of H-pyrrole nitrogens is 1. The normalized spacial score (nSPS) is 14.5. The van der Waals surface area contributed by atoms with Crippen LogP contribution in [0.3, 0.4) is 0 Å². The van der Waals surface area contributed by atoms with E-state index in [1.54, 1.807) is 23.6 Å². The predicted octanol–water partition coefficient (Wildman–Crippen LogP) is 4.25. The summed E-state index contributed by atoms with van der Waals surface area (Å²) in [5.41, 5.74) is 6.13. The van der Waals surface area contributed by atoms with Crippen molar-refractivity contribution in [2.75, 3.05) is 12.9 Å². The van der Waals surface area contributed by atoms with Gasteiger partial charge in [0.15, 0.2) is 0 Å². The van der Waals surface area contributed by atoms with E-state index in [1.807, 2.05) is 6.92 Å². The molecule has 2 rings (SSSR count). The number of primary amides is 1. The summed E-state index contributed by atoms with van der Waals surface area (Å²) in [6.07, 6.45) is 1.47. The van der Waals surface area contributed by atoms with Crippen LogP contribution in [0.15, 0.2) is 41.6 Å². The van der Waals surface area contributed by atoms with Crippen LogP contribution >= 0.6 is 30.7 Å². The number of benzene rings is 1. The lowest BCUT2D eigenvalue weighted by atomic mass is 10.2. The van der Waals surface area contributed by atoms with Crippen LogP contribution in [0.1, 0.15) is 17.4 Å². The average molecular weight is 385 g/mol. The molecule has 1 atom stereocenters. The number of carbonyl (C=O) groups excluding carboxylic acids is 1. The first-order valence-electron chi connectivity index (χ1n) is 7.11. The maximum atomic E-state index is 13.7. The molecule has 0 aliphatic carbocycles. The van der Waals surface area contributed by atoms with E-state index in [9.17, 15) is 9.36 Å². The number of halogens is 1. The minimum atomic E-state index is -3.57. The fourth-order valence-corrected chi connectivity index (χ4v) is 5.61. The fraction of sp³-hybridized carbons (Fsp3) is 0.188. The van der Waals surface area contributed by atoms with E-state index < -0.39 is 13.3 Å². The number of allylic oxidation sites excluding steroid dienone is 2. The average Bonchev–Trinajstić information content (AvgIpc) is 2.94. The van der Waals surface area contributed by atoms with Gasteiger partial charge in [0.05, 0.1) is 5.30 Å². The van der Waals surface area contributed by atoms with Crippen LogP contribution in [-0.2, 0) is 9.09 Å². The van der Waals surface area contributed by atoms with Crippen LogP contribution in [0.2, 0.25) is 5.02 Å². The summed E-state index contributed by atoms with van der Waals surface area (Å²) in [6, 6.07) is 5.00. The molecule has 2 aromatic rings. The van der Waals surface area contributed by atoms with Gasteiger partial charge in [0, 0.05) is 28.3 Å². The number of aromatic nitrogens is 1. The lowest BCUT2D eigenvalue weighted by Crippen LogP contribution is -2.22. The quantitative estimate of drug-likeness (QED) is 0.552. The topological polar surface area (TPSA) is 85.2 Å². The molecule has 0 spiro atoms. The van der Waals surface area contributed by atoms with Crippen LogP contribution in [0, 0.1) is 0 Å². The number of thioether (sulfide) groups is 1. The first kappa shape index (κ1) is 18.9. The van der Waals surface area contributed by atoms with Crippen LogP contribution in [0.4, 0.5) is 0 Å². The van der Waals surface area contributed by atoms with E-state index in [1.165, 1.54) is 24.9 Å². The number of hydrogen-bond donors (Lipinski definition) is 2. The van der Waals surface area contributed by atoms with Crippen molar-refractivity contribution in [1.82, 2.24) is 4.98 Å². The van der Waals surface area contributed by atoms with Gasteiger partial charge in [-0.3, -0.25) is 9.36 Å². The Morgan fingerprint density at radius 1 is 1.54 bits per heavy atom. The van der Waals surface area contributed by atoms with Gasteiger partial charge in [0.2, 0.25) is 0 Å². The van der Waals surface area contributed by atoms with Gasteiger partial charge in [-0.15, -0.1) is 11.8 Å². The first-order chi connectivity index (χ1) is 11.4. The molecule has 0 saturated carbocycles. The van der Waals surface area contributed by atoms with Crippen LogP contribution < -0.4 is 11.0 Å². The fourth-order valence-electron chi connectivity index (χ4n) is 2.37. The van der Waals surface area contributed by atoms with Gasteiger partial charge in [-0.05, 0) is 29.4 Å². The maximum Gasteiger partial charge on any atom is 0.266 e. The Bertz CT molecular complexity index is 876. The molecular weight excluding hydrogens is 367 g/mol. The molecular formula is C16H18ClN2O3PS. The lowest BCUT2D eigenvalue weighted by Gasteiger charge is -2.18. The first-order valence-corrected chi connectivity index (χ1v) is 10.2. The van der Waals surface area contributed by atoms with Gasteiger partial charge in [-0.25, -0.2) is 0 Å². The highest BCUT2D eigenvalue weighted by molar-refractivity contribution is 8.02. The second-order valence-corrected chi connectivity index (χ2v) is 8.85. The Hall–Kier alpha value is -1.46. The smallest absolute Gasteiger partial charge is 0.266 e. The number of fused-ring (bicyclic) bond motifs is 1. The maximum absolute atomic E-state index is 13.7. The zero-order valence-electron chi connectivity index (χ0n) is 13.3. The molecule has 0 aliphatic rings. The number of amides is 1. The summed E-state index contributed by atoms with van der Waals surface area (Å²) < 4.78 is 19.1. The molecule has 0 fully saturated rings. The Morgan fingerprint density at radius 2 is 2.25 bits per heavy atom. The SMILES string of the molecule is C=C/C(=C\SCC)P(=O)(OC)c1c(C(N)=O)[nH]c2ccc(Cl)cc12. The number of hydrogen-bond acceptors (Lipinski definition) is 4. The number of nitrogens with two attached hydrogens (primary N) is 1. The van der Waals surface area contributed by atoms with E-state index in [-0.39, 0.29) is 11.0 Å². The van der Waals surface area contributed by atoms with Crippen LogP contribution in [0.25, 0.3) is 10.9 Å². The summed E-state index contributed by atoms with van der Waals surface area (Å²) in [4.78, 5) is 14.8. The van der Waals surface area contributed by atoms with Gasteiger partial charge >= 0.3 is 0 Å². The second kappa shape index (κ2) is 7.62. The number of rotatable bonds is 7. The summed E-state index contributed by atoms with van der Waals surface area (Å²) in [7, 11) is -2.23. The molecule has 5 nitrogen and oxygen atoms in total. The van der Waals surface area contributed by atoms with Crippen molar-refractivity contribution in [3.05, 3.63) is 52.3 Å². The number of aromatic amines is 1. The third-order valence-electron chi connectivity index (χ3n) is 3.45. The molecule has 1 aromatic heterocycles. The Balaban J connectivity index is 2.86. The van der Waals surface area contributed by atoms with Gasteiger partial charge in [0.1, 0.15) is 5.69 Å². The van der Waals surface area contributed by atoms with Gasteiger partial charge in [-0.2, -0.15) is 0 Å². The molecule has 0 aliphatic heterocycles. The third-order valence-corrected chi connectivity index (χ3v) is 7.17. The van der Waals surface area contributed by atoms with Gasteiger partial charge < -0.3 is 15.2 Å². The molecule has 0 saturated heterocycles. The molecule has 1 unspecified atom stereocenters. The highest BCUT2D eigenvalue weighted by atomic mass is 35.5. The molecule has 24 heavy (non-hydrogen) atoms. The number of carbonyl (C=O) groups is 1. The van der Waals surface area contributed by atoms with Crippen molar-refractivity contribution in [3.8, 4) is 0 Å². The van der Waals surface area contributed by atoms with Crippen molar-refractivity contribution in [2.24, 2.45) is 5.73 Å². The van der Waals surface area contributed by atoms with Crippen molar-refractivity contribution >= 4 is 52.8 Å². The summed E-state index contributed by atoms with van der Waals surface area (Å²) >= 11 is 7.54. The van der Waals surface area contributed by atoms with Crippen LogP contribution in [0.5, 0.6) is 0 Å². The zero-order chi connectivity index (χ0) is 17.9. The molecule has 3 N–H and O–H groups in total. The van der Waals surface area contributed by atoms with E-state index in [2.05, 4.69) is 11.6 Å². The summed E-state index contributed by atoms with van der Waals surface area (Å²) in [5, 5.41) is 3.34. The molecule has 1 amide bonds. The lowest BCUT2D eigenvalue weighted by molar-refractivity contribution is 0.0997. The van der Waals surface area contributed by atoms with E-state index in [0.717, 1.165) is 5.75 Å². The van der Waals surface area contributed by atoms with Crippen molar-refractivity contribution in [1.29, 1.82) is 0 Å². The van der Waals surface area contributed by atoms with Crippen molar-refractivity contribution < 1.29 is 13.9 Å².